The van der Waals surface area contributed by atoms with Gasteiger partial charge < -0.3 is 9.84 Å². The van der Waals surface area contributed by atoms with Gasteiger partial charge in [0.15, 0.2) is 5.82 Å². The van der Waals surface area contributed by atoms with Crippen molar-refractivity contribution in [2.45, 2.75) is 19.4 Å². The summed E-state index contributed by atoms with van der Waals surface area (Å²) < 4.78 is 5.03. The van der Waals surface area contributed by atoms with E-state index in [1.54, 1.807) is 17.5 Å². The number of aliphatic imine (C=N–C) groups is 1. The van der Waals surface area contributed by atoms with E-state index in [1.165, 1.54) is 17.6 Å². The number of nitrogens with one attached hydrogen (secondary N) is 1. The summed E-state index contributed by atoms with van der Waals surface area (Å²) in [6.07, 6.45) is 4.70. The maximum Gasteiger partial charge on any atom is 0.271 e. The van der Waals surface area contributed by atoms with Gasteiger partial charge in [0, 0.05) is 11.6 Å². The highest BCUT2D eigenvalue weighted by Gasteiger charge is 2.24. The molecule has 112 valence electrons. The summed E-state index contributed by atoms with van der Waals surface area (Å²) in [5.74, 6) is -0.864. The molecule has 0 fully saturated rings. The number of carbonyl (C=O) groups excluding carboxylic acids is 2. The number of hydrogen-bond donors (Lipinski definition) is 1. The number of dihydropyridines is 1. The Balaban J connectivity index is 1.62. The maximum atomic E-state index is 11.9. The topological polar surface area (TPSA) is 110 Å². The number of amides is 2. The normalized spacial score (nSPS) is 17.0. The Morgan fingerprint density at radius 3 is 3.05 bits per heavy atom. The SMILES string of the molecule is Cc1nc(C(=O)NCc2nc(C3C=CC=NC3=O)no2)cs1. The molecule has 1 N–H and O–H groups in total. The molecule has 2 aromatic rings. The van der Waals surface area contributed by atoms with Crippen LogP contribution in [-0.2, 0) is 11.3 Å². The van der Waals surface area contributed by atoms with Gasteiger partial charge in [0.2, 0.25) is 5.89 Å². The fourth-order valence-corrected chi connectivity index (χ4v) is 2.41. The Labute approximate surface area is 129 Å². The van der Waals surface area contributed by atoms with E-state index in [9.17, 15) is 9.59 Å². The molecule has 1 unspecified atom stereocenters. The number of thiazole rings is 1. The molecule has 0 spiro atoms. The third-order valence-electron chi connectivity index (χ3n) is 2.87. The third kappa shape index (κ3) is 2.98. The smallest absolute Gasteiger partial charge is 0.271 e. The minimum Gasteiger partial charge on any atom is -0.342 e. The number of carbonyl (C=O) groups is 2. The van der Waals surface area contributed by atoms with Crippen molar-refractivity contribution in [1.82, 2.24) is 20.4 Å². The van der Waals surface area contributed by atoms with Gasteiger partial charge in [-0.15, -0.1) is 11.3 Å². The highest BCUT2D eigenvalue weighted by atomic mass is 32.1. The minimum absolute atomic E-state index is 0.0658. The van der Waals surface area contributed by atoms with Crippen LogP contribution in [0.1, 0.15) is 33.1 Å². The number of allylic oxidation sites excluding steroid dienone is 1. The largest absolute Gasteiger partial charge is 0.342 e. The van der Waals surface area contributed by atoms with Crippen LogP contribution in [0, 0.1) is 6.92 Å². The number of aryl methyl sites for hydroxylation is 1. The van der Waals surface area contributed by atoms with Gasteiger partial charge in [0.25, 0.3) is 11.8 Å². The second-order valence-corrected chi connectivity index (χ2v) is 5.52. The zero-order valence-corrected chi connectivity index (χ0v) is 12.3. The van der Waals surface area contributed by atoms with E-state index in [-0.39, 0.29) is 30.1 Å². The van der Waals surface area contributed by atoms with Crippen LogP contribution < -0.4 is 5.32 Å². The molecule has 0 saturated carbocycles. The lowest BCUT2D eigenvalue weighted by molar-refractivity contribution is -0.118. The summed E-state index contributed by atoms with van der Waals surface area (Å²) in [6.45, 7) is 1.89. The van der Waals surface area contributed by atoms with Gasteiger partial charge in [0.1, 0.15) is 11.6 Å². The molecule has 1 aliphatic heterocycles. The van der Waals surface area contributed by atoms with Gasteiger partial charge >= 0.3 is 0 Å². The maximum absolute atomic E-state index is 11.9. The van der Waals surface area contributed by atoms with Crippen LogP contribution >= 0.6 is 11.3 Å². The Morgan fingerprint density at radius 2 is 2.32 bits per heavy atom. The molecule has 22 heavy (non-hydrogen) atoms. The van der Waals surface area contributed by atoms with Crippen LogP contribution in [0.25, 0.3) is 0 Å². The summed E-state index contributed by atoms with van der Waals surface area (Å²) in [5, 5.41) is 8.87. The molecule has 0 saturated heterocycles. The van der Waals surface area contributed by atoms with Crippen LogP contribution in [-0.4, -0.2) is 33.2 Å². The van der Waals surface area contributed by atoms with Gasteiger partial charge in [-0.2, -0.15) is 4.98 Å². The van der Waals surface area contributed by atoms with Crippen molar-refractivity contribution in [2.24, 2.45) is 4.99 Å². The molecule has 3 rings (SSSR count). The minimum atomic E-state index is -0.639. The summed E-state index contributed by atoms with van der Waals surface area (Å²) in [5.41, 5.74) is 0.349. The predicted octanol–water partition coefficient (Wildman–Crippen LogP) is 1.02. The second-order valence-electron chi connectivity index (χ2n) is 4.46. The van der Waals surface area contributed by atoms with E-state index in [1.807, 2.05) is 6.92 Å². The predicted molar refractivity (Wildman–Crippen MR) is 77.7 cm³/mol. The fourth-order valence-electron chi connectivity index (χ4n) is 1.82. The first-order valence-electron chi connectivity index (χ1n) is 6.41. The number of nitrogens with zero attached hydrogens (tertiary/aromatic N) is 4. The van der Waals surface area contributed by atoms with Crippen molar-refractivity contribution in [3.05, 3.63) is 39.9 Å². The first-order chi connectivity index (χ1) is 10.6. The summed E-state index contributed by atoms with van der Waals surface area (Å²) in [6, 6.07) is 0. The molecule has 1 atom stereocenters. The molecule has 2 amide bonds. The Kier molecular flexibility index (Phi) is 3.88. The number of aromatic nitrogens is 3. The molecule has 3 heterocycles. The van der Waals surface area contributed by atoms with Crippen molar-refractivity contribution in [2.75, 3.05) is 0 Å². The van der Waals surface area contributed by atoms with E-state index < -0.39 is 5.92 Å². The molecular weight excluding hydrogens is 306 g/mol. The summed E-state index contributed by atoms with van der Waals surface area (Å²) in [4.78, 5) is 35.3. The first-order valence-corrected chi connectivity index (χ1v) is 7.29. The van der Waals surface area contributed by atoms with Crippen molar-refractivity contribution >= 4 is 29.4 Å². The van der Waals surface area contributed by atoms with E-state index >= 15 is 0 Å². The molecule has 1 aliphatic rings. The quantitative estimate of drug-likeness (QED) is 0.901. The van der Waals surface area contributed by atoms with Crippen molar-refractivity contribution in [1.29, 1.82) is 0 Å². The molecule has 0 bridgehead atoms. The average molecular weight is 317 g/mol. The summed E-state index contributed by atoms with van der Waals surface area (Å²) in [7, 11) is 0. The van der Waals surface area contributed by atoms with E-state index in [2.05, 4.69) is 25.4 Å². The Bertz CT molecular complexity index is 776. The van der Waals surface area contributed by atoms with Crippen LogP contribution in [0.15, 0.2) is 27.0 Å². The first kappa shape index (κ1) is 14.3. The second kappa shape index (κ2) is 5.98. The molecule has 0 aliphatic carbocycles. The lowest BCUT2D eigenvalue weighted by Gasteiger charge is -2.04. The number of hydrogen-bond acceptors (Lipinski definition) is 7. The van der Waals surface area contributed by atoms with E-state index in [4.69, 9.17) is 4.52 Å². The number of rotatable bonds is 4. The molecule has 0 radical (unpaired) electrons. The van der Waals surface area contributed by atoms with Gasteiger partial charge in [0.05, 0.1) is 11.6 Å². The lowest BCUT2D eigenvalue weighted by Crippen LogP contribution is -2.23. The van der Waals surface area contributed by atoms with E-state index in [0.29, 0.717) is 5.69 Å². The van der Waals surface area contributed by atoms with Crippen molar-refractivity contribution < 1.29 is 14.1 Å². The monoisotopic (exact) mass is 317 g/mol. The molecule has 8 nitrogen and oxygen atoms in total. The molecule has 0 aromatic carbocycles. The zero-order chi connectivity index (χ0) is 15.5. The summed E-state index contributed by atoms with van der Waals surface area (Å²) >= 11 is 1.40. The molecular formula is C13H11N5O3S. The van der Waals surface area contributed by atoms with Crippen molar-refractivity contribution in [3.63, 3.8) is 0 Å². The Morgan fingerprint density at radius 1 is 1.45 bits per heavy atom. The van der Waals surface area contributed by atoms with Gasteiger partial charge in [-0.3, -0.25) is 9.59 Å². The Hall–Kier alpha value is -2.68. The molecule has 9 heteroatoms. The van der Waals surface area contributed by atoms with Crippen LogP contribution in [0.5, 0.6) is 0 Å². The highest BCUT2D eigenvalue weighted by molar-refractivity contribution is 7.09. The van der Waals surface area contributed by atoms with Crippen LogP contribution in [0.2, 0.25) is 0 Å². The van der Waals surface area contributed by atoms with E-state index in [0.717, 1.165) is 5.01 Å². The highest BCUT2D eigenvalue weighted by Crippen LogP contribution is 2.18. The van der Waals surface area contributed by atoms with Crippen molar-refractivity contribution in [3.8, 4) is 0 Å². The fraction of sp³-hybridized carbons (Fsp3) is 0.231. The van der Waals surface area contributed by atoms with Gasteiger partial charge in [-0.25, -0.2) is 9.98 Å². The third-order valence-corrected chi connectivity index (χ3v) is 3.64. The standard InChI is InChI=1S/C13H11N5O3S/c1-7-16-9(6-22-7)13(20)15-5-10-17-11(18-21-10)8-3-2-4-14-12(8)19/h2-4,6,8H,5H2,1H3,(H,15,20). The molecule has 2 aromatic heterocycles. The van der Waals surface area contributed by atoms with Crippen LogP contribution in [0.4, 0.5) is 0 Å². The van der Waals surface area contributed by atoms with Gasteiger partial charge in [-0.05, 0) is 13.0 Å². The van der Waals surface area contributed by atoms with Gasteiger partial charge in [-0.1, -0.05) is 11.2 Å². The lowest BCUT2D eigenvalue weighted by atomic mass is 10.1. The average Bonchev–Trinajstić information content (AvgIpc) is 3.14. The van der Waals surface area contributed by atoms with Crippen LogP contribution in [0.3, 0.4) is 0 Å². The zero-order valence-electron chi connectivity index (χ0n) is 11.5.